The Morgan fingerprint density at radius 3 is 2.19 bits per heavy atom. The van der Waals surface area contributed by atoms with Crippen molar-refractivity contribution in [2.75, 3.05) is 7.11 Å². The molecule has 4 rings (SSSR count). The number of rotatable bonds is 3. The van der Waals surface area contributed by atoms with Gasteiger partial charge in [0, 0.05) is 17.8 Å². The molecule has 8 heteroatoms. The van der Waals surface area contributed by atoms with E-state index in [2.05, 4.69) is 0 Å². The lowest BCUT2D eigenvalue weighted by molar-refractivity contribution is -0.217. The summed E-state index contributed by atoms with van der Waals surface area (Å²) in [6.45, 7) is 11.6. The Morgan fingerprint density at radius 2 is 1.67 bits per heavy atom. The number of ketones is 2. The predicted octanol–water partition coefficient (Wildman–Crippen LogP) is 2.98. The smallest absolute Gasteiger partial charge is 0.321 e. The van der Waals surface area contributed by atoms with Crippen LogP contribution in [0.2, 0.25) is 0 Å². The third-order valence-corrected chi connectivity index (χ3v) is 10.9. The predicted molar refractivity (Wildman–Crippen MR) is 128 cm³/mol. The van der Waals surface area contributed by atoms with Crippen LogP contribution in [0.4, 0.5) is 0 Å². The van der Waals surface area contributed by atoms with Crippen LogP contribution in [-0.2, 0) is 33.4 Å². The van der Waals surface area contributed by atoms with Gasteiger partial charge in [0.05, 0.1) is 12.5 Å². The molecule has 0 amide bonds. The van der Waals surface area contributed by atoms with Gasteiger partial charge in [-0.2, -0.15) is 0 Å². The van der Waals surface area contributed by atoms with Crippen molar-refractivity contribution in [2.45, 2.75) is 85.9 Å². The van der Waals surface area contributed by atoms with E-state index < -0.39 is 56.1 Å². The quantitative estimate of drug-likeness (QED) is 0.270. The number of allylic oxidation sites excluding steroid dienone is 2. The van der Waals surface area contributed by atoms with Crippen LogP contribution in [-0.4, -0.2) is 53.7 Å². The molecule has 3 saturated carbocycles. The van der Waals surface area contributed by atoms with Crippen LogP contribution in [0, 0.1) is 38.9 Å². The topological polar surface area (TPSA) is 124 Å². The number of aldehydes is 1. The molecule has 3 fully saturated rings. The molecule has 0 aromatic heterocycles. The highest BCUT2D eigenvalue weighted by Crippen LogP contribution is 2.76. The standard InChI is InChI=1S/C28H38O8/c1-15-13-18-24(5,28(22(33)35-8)21(32)26(7,34)20(31)25(15,28)6)11-9-17-23(3,4)19(36-16(2)30)10-12-27(17,18)14-29/h13-14,17-19,34H,9-12H2,1-8H3/t17-,18-,19+,24+,25+,26+,27+,28-/m1/s1. The normalized spacial score (nSPS) is 47.1. The van der Waals surface area contributed by atoms with E-state index in [1.807, 2.05) is 19.9 Å². The highest BCUT2D eigenvalue weighted by molar-refractivity contribution is 6.30. The summed E-state index contributed by atoms with van der Waals surface area (Å²) < 4.78 is 10.9. The summed E-state index contributed by atoms with van der Waals surface area (Å²) in [6, 6.07) is 0. The maximum atomic E-state index is 14.1. The summed E-state index contributed by atoms with van der Waals surface area (Å²) in [5.41, 5.74) is -8.18. The van der Waals surface area contributed by atoms with E-state index in [4.69, 9.17) is 9.47 Å². The summed E-state index contributed by atoms with van der Waals surface area (Å²) in [6.07, 6.45) is 4.16. The number of carbonyl (C=O) groups excluding carboxylic acids is 5. The van der Waals surface area contributed by atoms with E-state index in [1.165, 1.54) is 14.0 Å². The molecular weight excluding hydrogens is 464 g/mol. The number of fused-ring (bicyclic) bond motifs is 5. The lowest BCUT2D eigenvalue weighted by Gasteiger charge is -2.67. The molecule has 8 nitrogen and oxygen atoms in total. The van der Waals surface area contributed by atoms with Crippen molar-refractivity contribution >= 4 is 29.8 Å². The molecule has 4 aliphatic rings. The van der Waals surface area contributed by atoms with Crippen LogP contribution in [0.15, 0.2) is 11.6 Å². The van der Waals surface area contributed by atoms with Gasteiger partial charge in [-0.15, -0.1) is 0 Å². The molecular formula is C28H38O8. The largest absolute Gasteiger partial charge is 0.468 e. The fourth-order valence-electron chi connectivity index (χ4n) is 9.19. The molecule has 198 valence electrons. The number of carbonyl (C=O) groups is 5. The Hall–Kier alpha value is -2.35. The highest BCUT2D eigenvalue weighted by atomic mass is 16.5. The van der Waals surface area contributed by atoms with Crippen molar-refractivity contribution in [1.82, 2.24) is 0 Å². The fourth-order valence-corrected chi connectivity index (χ4v) is 9.19. The second-order valence-corrected chi connectivity index (χ2v) is 12.6. The molecule has 0 radical (unpaired) electrons. The molecule has 8 atom stereocenters. The van der Waals surface area contributed by atoms with Crippen LogP contribution in [0.5, 0.6) is 0 Å². The third kappa shape index (κ3) is 2.61. The average Bonchev–Trinajstić information content (AvgIpc) is 2.93. The maximum Gasteiger partial charge on any atom is 0.321 e. The lowest BCUT2D eigenvalue weighted by Crippen LogP contribution is -2.70. The van der Waals surface area contributed by atoms with Gasteiger partial charge in [0.1, 0.15) is 12.4 Å². The average molecular weight is 503 g/mol. The van der Waals surface area contributed by atoms with Gasteiger partial charge in [-0.1, -0.05) is 32.4 Å². The van der Waals surface area contributed by atoms with Gasteiger partial charge in [0.25, 0.3) is 0 Å². The summed E-state index contributed by atoms with van der Waals surface area (Å²) >= 11 is 0. The van der Waals surface area contributed by atoms with Gasteiger partial charge in [-0.25, -0.2) is 0 Å². The Morgan fingerprint density at radius 1 is 1.06 bits per heavy atom. The van der Waals surface area contributed by atoms with Gasteiger partial charge < -0.3 is 19.4 Å². The van der Waals surface area contributed by atoms with Gasteiger partial charge in [-0.3, -0.25) is 19.2 Å². The van der Waals surface area contributed by atoms with Crippen molar-refractivity contribution in [1.29, 1.82) is 0 Å². The van der Waals surface area contributed by atoms with E-state index in [9.17, 15) is 29.1 Å². The zero-order valence-corrected chi connectivity index (χ0v) is 22.5. The molecule has 0 unspecified atom stereocenters. The lowest BCUT2D eigenvalue weighted by atomic mass is 9.34. The molecule has 36 heavy (non-hydrogen) atoms. The number of aliphatic hydroxyl groups is 1. The number of Topliss-reactive ketones (excluding diaryl/α,β-unsaturated/α-hetero) is 2. The Kier molecular flexibility index (Phi) is 5.63. The first-order valence-corrected chi connectivity index (χ1v) is 12.7. The van der Waals surface area contributed by atoms with E-state index >= 15 is 0 Å². The van der Waals surface area contributed by atoms with E-state index in [1.54, 1.807) is 20.8 Å². The van der Waals surface area contributed by atoms with E-state index in [0.717, 1.165) is 13.2 Å². The number of esters is 2. The number of ether oxygens (including phenoxy) is 2. The summed E-state index contributed by atoms with van der Waals surface area (Å²) in [5.74, 6) is -3.58. The second-order valence-electron chi connectivity index (χ2n) is 12.6. The fraction of sp³-hybridized carbons (Fsp3) is 0.750. The third-order valence-electron chi connectivity index (χ3n) is 10.9. The van der Waals surface area contributed by atoms with Crippen LogP contribution in [0.25, 0.3) is 0 Å². The molecule has 0 heterocycles. The van der Waals surface area contributed by atoms with Crippen LogP contribution in [0.1, 0.15) is 74.1 Å². The first kappa shape index (κ1) is 26.7. The van der Waals surface area contributed by atoms with Gasteiger partial charge in [0.15, 0.2) is 22.6 Å². The minimum absolute atomic E-state index is 0.200. The Balaban J connectivity index is 2.01. The van der Waals surface area contributed by atoms with E-state index in [-0.39, 0.29) is 18.0 Å². The molecule has 1 N–H and O–H groups in total. The van der Waals surface area contributed by atoms with Crippen LogP contribution >= 0.6 is 0 Å². The monoisotopic (exact) mass is 502 g/mol. The Bertz CT molecular complexity index is 1100. The van der Waals surface area contributed by atoms with Crippen molar-refractivity contribution in [3.63, 3.8) is 0 Å². The first-order chi connectivity index (χ1) is 16.5. The number of hydrogen-bond donors (Lipinski definition) is 1. The molecule has 0 spiro atoms. The van der Waals surface area contributed by atoms with Crippen molar-refractivity contribution < 1.29 is 38.6 Å². The molecule has 0 aromatic rings. The van der Waals surface area contributed by atoms with Crippen molar-refractivity contribution in [2.24, 2.45) is 38.9 Å². The van der Waals surface area contributed by atoms with E-state index in [0.29, 0.717) is 31.3 Å². The zero-order valence-electron chi connectivity index (χ0n) is 22.5. The summed E-state index contributed by atoms with van der Waals surface area (Å²) in [7, 11) is 1.18. The molecule has 0 aliphatic heterocycles. The van der Waals surface area contributed by atoms with Crippen molar-refractivity contribution in [3.8, 4) is 0 Å². The SMILES string of the molecule is COC(=O)[C@@]12C(=O)[C@@](C)(O)C(=O)[C@]1(C)C(C)=C[C@H]1[C@]3(C=O)CC[C@H](OC(C)=O)C(C)(C)[C@H]3CC[C@@]12C. The zero-order chi connectivity index (χ0) is 27.3. The van der Waals surface area contributed by atoms with Crippen LogP contribution in [0.3, 0.4) is 0 Å². The minimum Gasteiger partial charge on any atom is -0.468 e. The summed E-state index contributed by atoms with van der Waals surface area (Å²) in [4.78, 5) is 66.6. The molecule has 0 aromatic carbocycles. The van der Waals surface area contributed by atoms with Crippen molar-refractivity contribution in [3.05, 3.63) is 11.6 Å². The molecule has 4 aliphatic carbocycles. The highest BCUT2D eigenvalue weighted by Gasteiger charge is 2.85. The molecule has 0 bridgehead atoms. The summed E-state index contributed by atoms with van der Waals surface area (Å²) in [5, 5.41) is 11.2. The van der Waals surface area contributed by atoms with Crippen LogP contribution < -0.4 is 0 Å². The minimum atomic E-state index is -2.37. The van der Waals surface area contributed by atoms with Gasteiger partial charge >= 0.3 is 11.9 Å². The molecule has 0 saturated heterocycles. The van der Waals surface area contributed by atoms with Gasteiger partial charge in [0.2, 0.25) is 0 Å². The maximum absolute atomic E-state index is 14.1. The second kappa shape index (κ2) is 7.59. The Labute approximate surface area is 212 Å². The first-order valence-electron chi connectivity index (χ1n) is 12.7. The number of hydrogen-bond acceptors (Lipinski definition) is 8. The van der Waals surface area contributed by atoms with Gasteiger partial charge in [-0.05, 0) is 63.7 Å². The number of methoxy groups -OCH3 is 1.